The molecule has 5 aliphatic rings. The first-order valence-electron chi connectivity index (χ1n) is 46.2. The van der Waals surface area contributed by atoms with Crippen LogP contribution in [0.25, 0.3) is 74.0 Å². The molecule has 744 valence electrons. The maximum absolute atomic E-state index is 12.8. The summed E-state index contributed by atoms with van der Waals surface area (Å²) in [6, 6.07) is 71.0. The number of carbonyl (C=O) groups is 4. The van der Waals surface area contributed by atoms with E-state index in [2.05, 4.69) is 84.7 Å². The summed E-state index contributed by atoms with van der Waals surface area (Å²) in [5, 5.41) is 18.7. The molecule has 21 nitrogen and oxygen atoms in total. The third-order valence-electron chi connectivity index (χ3n) is 26.2. The van der Waals surface area contributed by atoms with Gasteiger partial charge in [-0.15, -0.1) is 11.3 Å². The number of fused-ring (bicyclic) bond motifs is 13. The van der Waals surface area contributed by atoms with Crippen LogP contribution in [0.4, 0.5) is 78.4 Å². The van der Waals surface area contributed by atoms with Crippen LogP contribution in [0.3, 0.4) is 0 Å². The van der Waals surface area contributed by atoms with Crippen molar-refractivity contribution in [2.45, 2.75) is 94.3 Å². The number of hydrogen-bond acceptors (Lipinski definition) is 14. The van der Waals surface area contributed by atoms with Crippen LogP contribution in [0.2, 0.25) is 50.2 Å². The minimum atomic E-state index is -4.45. The molecule has 4 atom stereocenters. The second-order valence-corrected chi connectivity index (χ2v) is 40.3. The highest BCUT2D eigenvalue weighted by atomic mass is 35.5. The van der Waals surface area contributed by atoms with Gasteiger partial charge in [-0.1, -0.05) is 268 Å². The zero-order valence-electron chi connectivity index (χ0n) is 78.2. The Morgan fingerprint density at radius 3 is 1.01 bits per heavy atom. The van der Waals surface area contributed by atoms with Crippen LogP contribution >= 0.6 is 127 Å². The number of amides is 4. The third kappa shape index (κ3) is 23.4. The van der Waals surface area contributed by atoms with E-state index < -0.39 is 36.1 Å². The number of carbonyl (C=O) groups excluding carboxylic acids is 4. The molecule has 16 aromatic rings. The first-order valence-corrected chi connectivity index (χ1v) is 50.9. The summed E-state index contributed by atoms with van der Waals surface area (Å²) in [5.41, 5.74) is 20.8. The Hall–Kier alpha value is -14.3. The van der Waals surface area contributed by atoms with E-state index in [1.807, 2.05) is 163 Å². The van der Waals surface area contributed by atoms with E-state index in [0.29, 0.717) is 92.7 Å². The van der Waals surface area contributed by atoms with Gasteiger partial charge in [0.15, 0.2) is 0 Å². The minimum Gasteiger partial charge on any atom is -0.446 e. The molecule has 4 aliphatic carbocycles. The molecule has 6 heterocycles. The fraction of sp³-hybridized carbons (Fsp3) is 0.158. The number of rotatable bonds is 15. The number of halogens is 13. The van der Waals surface area contributed by atoms with Crippen LogP contribution in [0, 0.1) is 26.3 Å². The Balaban J connectivity index is 0.000000130. The van der Waals surface area contributed by atoms with Crippen LogP contribution in [-0.2, 0) is 70.6 Å². The summed E-state index contributed by atoms with van der Waals surface area (Å²) in [4.78, 5) is 85.3. The van der Waals surface area contributed by atoms with E-state index >= 15 is 0 Å². The smallest absolute Gasteiger partial charge is 0.416 e. The Bertz CT molecular complexity index is 8160. The molecular weight excluding hydrogens is 2120 g/mol. The summed E-state index contributed by atoms with van der Waals surface area (Å²) in [6.45, 7) is 33.3. The summed E-state index contributed by atoms with van der Waals surface area (Å²) >= 11 is 63.3. The van der Waals surface area contributed by atoms with Gasteiger partial charge in [0.2, 0.25) is 22.7 Å². The van der Waals surface area contributed by atoms with Gasteiger partial charge in [-0.05, 0) is 264 Å². The Labute approximate surface area is 908 Å². The molecule has 4 unspecified atom stereocenters. The first-order chi connectivity index (χ1) is 72.0. The summed E-state index contributed by atoms with van der Waals surface area (Å²) in [6.07, 6.45) is 3.42. The second kappa shape index (κ2) is 46.2. The van der Waals surface area contributed by atoms with Crippen molar-refractivity contribution < 1.29 is 51.3 Å². The number of alkyl halides is 3. The van der Waals surface area contributed by atoms with E-state index in [-0.39, 0.29) is 89.9 Å². The van der Waals surface area contributed by atoms with E-state index in [1.165, 1.54) is 23.5 Å². The fourth-order valence-corrected chi connectivity index (χ4v) is 21.7. The minimum absolute atomic E-state index is 0.0166. The molecule has 0 bridgehead atoms. The lowest BCUT2D eigenvalue weighted by Crippen LogP contribution is -2.36. The molecule has 1 aliphatic heterocycles. The lowest BCUT2D eigenvalue weighted by atomic mass is 9.76. The highest BCUT2D eigenvalue weighted by Gasteiger charge is 2.38. The summed E-state index contributed by atoms with van der Waals surface area (Å²) < 4.78 is 60.9. The van der Waals surface area contributed by atoms with Gasteiger partial charge in [0.05, 0.1) is 72.0 Å². The average Bonchev–Trinajstić information content (AvgIpc) is 1.03. The van der Waals surface area contributed by atoms with Crippen LogP contribution in [-0.4, -0.2) is 75.4 Å². The Kier molecular flexibility index (Phi) is 32.4. The van der Waals surface area contributed by atoms with Crippen molar-refractivity contribution in [3.63, 3.8) is 0 Å². The molecule has 1 saturated heterocycles. The maximum Gasteiger partial charge on any atom is 0.416 e. The molecule has 0 spiro atoms. The lowest BCUT2D eigenvalue weighted by Gasteiger charge is -2.30. The quantitative estimate of drug-likeness (QED) is 0.0554. The number of piperidine rings is 1. The van der Waals surface area contributed by atoms with Crippen LogP contribution in [0.5, 0.6) is 0 Å². The number of thiophene rings is 1. The largest absolute Gasteiger partial charge is 0.446 e. The normalized spacial score (nSPS) is 14.8. The lowest BCUT2D eigenvalue weighted by molar-refractivity contribution is -0.137. The third-order valence-corrected chi connectivity index (χ3v) is 30.6. The van der Waals surface area contributed by atoms with Crippen molar-refractivity contribution >= 4 is 208 Å². The van der Waals surface area contributed by atoms with Crippen LogP contribution < -0.4 is 21.3 Å². The van der Waals surface area contributed by atoms with E-state index in [1.54, 1.807) is 67.3 Å². The Morgan fingerprint density at radius 2 is 0.691 bits per heavy atom. The molecule has 35 heteroatoms. The van der Waals surface area contributed by atoms with Gasteiger partial charge < -0.3 is 23.8 Å². The predicted octanol–water partition coefficient (Wildman–Crippen LogP) is 34.6. The molecule has 11 aromatic carbocycles. The molecule has 4 N–H and O–H groups in total. The van der Waals surface area contributed by atoms with Gasteiger partial charge >= 0.3 is 30.5 Å². The molecule has 0 saturated carbocycles. The average molecular weight is 2200 g/mol. The molecule has 21 rings (SSSR count). The topological polar surface area (TPSA) is 226 Å². The first kappa shape index (κ1) is 105. The number of nitrogens with one attached hydrogen (secondary N) is 4. The summed E-state index contributed by atoms with van der Waals surface area (Å²) in [7, 11) is 2.05. The van der Waals surface area contributed by atoms with Crippen molar-refractivity contribution in [1.82, 2.24) is 24.8 Å². The van der Waals surface area contributed by atoms with Gasteiger partial charge in [0.1, 0.15) is 49.2 Å². The molecule has 149 heavy (non-hydrogen) atoms. The predicted molar refractivity (Wildman–Crippen MR) is 584 cm³/mol. The second-order valence-electron chi connectivity index (χ2n) is 35.3. The van der Waals surface area contributed by atoms with Crippen molar-refractivity contribution in [3.8, 4) is 44.5 Å². The number of likely N-dealkylation sites (tertiary alicyclic amines) is 1. The SMILES string of the molecule is [C-]#[N+]c1c(NC(=O)OC2CCN(C)CC2)ncc2c1-c1ccccc1C(c1ccc(Cl)c(Cl)c1)C2.[C-]#[N+]c1c(NC(=O)OCc2ccc(C(F)(F)F)cc2)ncc2c1-c1ccccc1C(c1ccc(Cl)c(Cl)c1)C2.[C-]#[N+]c1c(NC(=O)OCc2ccc(Cl)cc2)ncc2c1-c1ccccc1C(c1ccc(Cl)c(Cl)c1)C2.[C-]#[N+]c1c(NC(=O)OCc2csc3cc(Cl)ccc23)ncc2c1-c1ccccc1C(c1ccc(Cl)c(Cl)c1)C2. The zero-order valence-corrected chi connectivity index (χ0v) is 86.6. The number of ether oxygens (including phenoxy) is 4. The van der Waals surface area contributed by atoms with Gasteiger partial charge in [-0.25, -0.2) is 38.6 Å². The highest BCUT2D eigenvalue weighted by Crippen LogP contribution is 2.55. The van der Waals surface area contributed by atoms with Crippen molar-refractivity contribution in [2.75, 3.05) is 41.4 Å². The van der Waals surface area contributed by atoms with E-state index in [4.69, 9.17) is 161 Å². The van der Waals surface area contributed by atoms with E-state index in [0.717, 1.165) is 165 Å². The number of aromatic nitrogens is 4. The van der Waals surface area contributed by atoms with Crippen molar-refractivity contribution in [2.24, 2.45) is 0 Å². The number of nitrogens with zero attached hydrogens (tertiary/aromatic N) is 9. The number of anilines is 4. The molecule has 0 radical (unpaired) electrons. The number of pyridine rings is 4. The fourth-order valence-electron chi connectivity index (χ4n) is 19.1. The standard InChI is InChI=1S/C30H18Cl3N3O2S.C29H18Cl2F3N3O2.C28H18Cl3N3O2.C27H24Cl2N4O2/c1-34-28-27-17(10-23(21-4-2-3-5-22(21)27)16-6-9-24(32)25(33)11-16)13-35-29(28)36-30(37)38-14-18-15-39-26-12-19(31)7-8-20(18)26;1-35-26-25-18(12-22(20-4-2-3-5-21(20)25)17-8-11-23(30)24(31)13-17)14-36-27(26)37-28(38)39-15-16-6-9-19(10-7-16)29(32,33)34;1-32-26-25-18(14-33-27(26)34-28(35)36-15-16-6-9-19(29)10-7-16)12-22(20-4-2-3-5-21(20)25)17-8-11-23(30)24(31)13-17;1-30-25-24-17(15-31-26(25)32-27(34)35-18-9-11-33(2)12-10-18)13-21(19-5-3-4-6-20(19)24)16-7-8-22(28)23(29)14-16/h2-9,11-13,15,23H,10,14H2,(H,35,36,37);2-11,13-14,22H,12,15H2,(H,36,37,38);2-11,13-14,22H,12,15H2,(H,33,34,35);3-8,14-15,18,21H,9-13H2,2H3,(H,31,32,34). The monoisotopic (exact) mass is 2200 g/mol. The number of benzene rings is 11. The van der Waals surface area contributed by atoms with Gasteiger partial charge in [0.25, 0.3) is 0 Å². The van der Waals surface area contributed by atoms with E-state index in [9.17, 15) is 32.3 Å². The van der Waals surface area contributed by atoms with Crippen molar-refractivity contribution in [3.05, 3.63) is 452 Å². The van der Waals surface area contributed by atoms with Crippen LogP contribution in [0.1, 0.15) is 126 Å². The molecule has 1 fully saturated rings. The van der Waals surface area contributed by atoms with Gasteiger partial charge in [-0.2, -0.15) is 13.2 Å². The van der Waals surface area contributed by atoms with Gasteiger partial charge in [0, 0.05) is 81.9 Å². The van der Waals surface area contributed by atoms with Crippen molar-refractivity contribution in [1.29, 1.82) is 0 Å². The maximum atomic E-state index is 12.8. The molecule has 4 amide bonds. The number of hydrogen-bond donors (Lipinski definition) is 4. The highest BCUT2D eigenvalue weighted by molar-refractivity contribution is 7.17. The molecule has 5 aromatic heterocycles. The summed E-state index contributed by atoms with van der Waals surface area (Å²) in [5.74, 6) is 0.614. The zero-order chi connectivity index (χ0) is 105. The Morgan fingerprint density at radius 1 is 0.383 bits per heavy atom. The molecular formula is C114H78Cl10F3N13O8S. The van der Waals surface area contributed by atoms with Crippen LogP contribution in [0.15, 0.2) is 267 Å². The van der Waals surface area contributed by atoms with Gasteiger partial charge in [-0.3, -0.25) is 41.2 Å².